The molecule has 10 heteroatoms. The number of rotatable bonds is 1. The van der Waals surface area contributed by atoms with Gasteiger partial charge in [0, 0.05) is 42.0 Å². The number of ether oxygens (including phenoxy) is 2. The number of carbonyl (C=O) groups excluding carboxylic acids is 1. The van der Waals surface area contributed by atoms with Crippen LogP contribution in [-0.4, -0.2) is 60.0 Å². The smallest absolute Gasteiger partial charge is 0.286 e. The number of nitrogens with two attached hydrogens (primary N) is 1. The molecule has 3 N–H and O–H groups in total. The fourth-order valence-electron chi connectivity index (χ4n) is 7.04. The van der Waals surface area contributed by atoms with Gasteiger partial charge in [0.05, 0.1) is 24.5 Å². The van der Waals surface area contributed by atoms with E-state index in [9.17, 15) is 14.1 Å². The Hall–Kier alpha value is -2.43. The molecule has 4 aliphatic rings. The molecule has 2 aliphatic carbocycles. The lowest BCUT2D eigenvalue weighted by Crippen LogP contribution is -2.49. The van der Waals surface area contributed by atoms with E-state index >= 15 is 0 Å². The summed E-state index contributed by atoms with van der Waals surface area (Å²) >= 11 is 6.39. The number of hydrogen-bond acceptors (Lipinski definition) is 6. The molecule has 1 fully saturated rings. The summed E-state index contributed by atoms with van der Waals surface area (Å²) < 4.78 is 29.3. The number of aliphatic hydroxyl groups is 1. The van der Waals surface area contributed by atoms with Crippen LogP contribution < -0.4 is 14.8 Å². The molecule has 2 bridgehead atoms. The van der Waals surface area contributed by atoms with Crippen LogP contribution in [0.15, 0.2) is 52.9 Å². The third-order valence-electron chi connectivity index (χ3n) is 9.38. The van der Waals surface area contributed by atoms with Gasteiger partial charge in [-0.3, -0.25) is 4.79 Å². The molecule has 0 radical (unpaired) electrons. The summed E-state index contributed by atoms with van der Waals surface area (Å²) in [6, 6.07) is 11.5. The van der Waals surface area contributed by atoms with Gasteiger partial charge in [-0.15, -0.1) is 4.36 Å². The topological polar surface area (TPSA) is 114 Å². The summed E-state index contributed by atoms with van der Waals surface area (Å²) in [5, 5.41) is 17.2. The average Bonchev–Trinajstić information content (AvgIpc) is 3.08. The number of methoxy groups -OCH3 is 1. The highest BCUT2D eigenvalue weighted by Crippen LogP contribution is 2.47. The summed E-state index contributed by atoms with van der Waals surface area (Å²) in [5.74, 6) is 0.639. The van der Waals surface area contributed by atoms with Gasteiger partial charge < -0.3 is 19.5 Å². The molecule has 1 amide bonds. The van der Waals surface area contributed by atoms with E-state index in [0.29, 0.717) is 18.1 Å². The Balaban J connectivity index is 1.44. The standard InChI is InChI=1S/C31H38ClN3O5S/c1-39-28-11-7-24(36)12-14-41(33,38)34-30(37)21-5-10-29-27(16-21)35(17-22-4-8-25(22)28)18-31(19-40-29)13-2-3-20-15-23(32)6-9-26(20)31/h5-7,9-11,15-16,22,24-25,28,36H,2-4,8,12-14,17-19H2,1H3,(H2,33,34,37,38)/b11-7+/t22-,24-,25+,28-,31-,41?/m0/s1. The molecule has 0 aromatic heterocycles. The molecule has 1 unspecified atom stereocenters. The van der Waals surface area contributed by atoms with Crippen molar-refractivity contribution < 1.29 is 23.6 Å². The van der Waals surface area contributed by atoms with Gasteiger partial charge in [0.1, 0.15) is 15.7 Å². The predicted molar refractivity (Wildman–Crippen MR) is 161 cm³/mol. The normalized spacial score (nSPS) is 34.3. The van der Waals surface area contributed by atoms with Crippen molar-refractivity contribution in [2.75, 3.05) is 37.5 Å². The van der Waals surface area contributed by atoms with Crippen molar-refractivity contribution in [3.05, 3.63) is 70.3 Å². The minimum absolute atomic E-state index is 0.0972. The molecule has 6 atom stereocenters. The lowest BCUT2D eigenvalue weighted by molar-refractivity contribution is 0.0126. The number of aliphatic hydroxyl groups excluding tert-OH is 1. The van der Waals surface area contributed by atoms with E-state index in [1.54, 1.807) is 19.3 Å². The zero-order valence-corrected chi connectivity index (χ0v) is 24.9. The van der Waals surface area contributed by atoms with Crippen molar-refractivity contribution in [3.63, 3.8) is 0 Å². The van der Waals surface area contributed by atoms with Gasteiger partial charge in [-0.25, -0.2) is 9.35 Å². The number of aryl methyl sites for hydroxylation is 1. The van der Waals surface area contributed by atoms with E-state index in [1.807, 2.05) is 24.3 Å². The van der Waals surface area contributed by atoms with Gasteiger partial charge in [0.2, 0.25) is 0 Å². The van der Waals surface area contributed by atoms with Crippen molar-refractivity contribution in [1.29, 1.82) is 0 Å². The van der Waals surface area contributed by atoms with Crippen molar-refractivity contribution in [1.82, 2.24) is 0 Å². The second kappa shape index (κ2) is 11.3. The first-order valence-corrected chi connectivity index (χ1v) is 16.6. The molecule has 2 aromatic carbocycles. The monoisotopic (exact) mass is 599 g/mol. The van der Waals surface area contributed by atoms with Gasteiger partial charge in [-0.05, 0) is 91.8 Å². The van der Waals surface area contributed by atoms with Crippen LogP contribution in [0.4, 0.5) is 5.69 Å². The summed E-state index contributed by atoms with van der Waals surface area (Å²) in [6.45, 7) is 2.02. The van der Waals surface area contributed by atoms with Gasteiger partial charge in [-0.1, -0.05) is 29.8 Å². The third-order valence-corrected chi connectivity index (χ3v) is 10.9. The SMILES string of the molecule is CO[C@H]1/C=C/[C@H](O)CCS(N)(=O)=NC(=O)c2ccc3c(c2)N(C[C@@H]2CC[C@H]21)C[C@@]1(CCCc2cc(Cl)ccc21)CO3. The number of amides is 1. The van der Waals surface area contributed by atoms with Crippen molar-refractivity contribution in [3.8, 4) is 5.75 Å². The van der Waals surface area contributed by atoms with E-state index in [1.165, 1.54) is 11.1 Å². The van der Waals surface area contributed by atoms with Gasteiger partial charge in [0.15, 0.2) is 0 Å². The zero-order valence-electron chi connectivity index (χ0n) is 23.3. The molecule has 2 heterocycles. The largest absolute Gasteiger partial charge is 0.490 e. The molecule has 1 spiro atoms. The van der Waals surface area contributed by atoms with Crippen LogP contribution in [0.3, 0.4) is 0 Å². The first kappa shape index (κ1) is 28.7. The molecule has 8 nitrogen and oxygen atoms in total. The van der Waals surface area contributed by atoms with E-state index in [0.717, 1.165) is 61.7 Å². The predicted octanol–water partition coefficient (Wildman–Crippen LogP) is 4.66. The van der Waals surface area contributed by atoms with Gasteiger partial charge in [-0.2, -0.15) is 0 Å². The van der Waals surface area contributed by atoms with Crippen LogP contribution in [0.5, 0.6) is 5.75 Å². The molecule has 2 aromatic rings. The van der Waals surface area contributed by atoms with Gasteiger partial charge >= 0.3 is 0 Å². The number of fused-ring (bicyclic) bond motifs is 4. The van der Waals surface area contributed by atoms with E-state index < -0.39 is 21.9 Å². The van der Waals surface area contributed by atoms with Crippen molar-refractivity contribution in [2.45, 2.75) is 56.1 Å². The minimum atomic E-state index is -3.32. The maximum Gasteiger partial charge on any atom is 0.286 e. The number of nitrogens with zero attached hydrogens (tertiary/aromatic N) is 2. The fraction of sp³-hybridized carbons (Fsp3) is 0.516. The van der Waals surface area contributed by atoms with Crippen LogP contribution in [-0.2, 0) is 26.5 Å². The lowest BCUT2D eigenvalue weighted by atomic mass is 9.68. The molecule has 41 heavy (non-hydrogen) atoms. The number of hydrogen-bond donors (Lipinski definition) is 2. The maximum absolute atomic E-state index is 13.2. The van der Waals surface area contributed by atoms with Crippen LogP contribution >= 0.6 is 11.6 Å². The summed E-state index contributed by atoms with van der Waals surface area (Å²) in [4.78, 5) is 15.6. The fourth-order valence-corrected chi connectivity index (χ4v) is 8.29. The number of carbonyl (C=O) groups is 1. The molecular weight excluding hydrogens is 562 g/mol. The Kier molecular flexibility index (Phi) is 7.93. The second-order valence-electron chi connectivity index (χ2n) is 12.0. The molecule has 6 rings (SSSR count). The quantitative estimate of drug-likeness (QED) is 0.461. The van der Waals surface area contributed by atoms with Crippen molar-refractivity contribution in [2.24, 2.45) is 21.3 Å². The van der Waals surface area contributed by atoms with Crippen LogP contribution in [0.25, 0.3) is 0 Å². The highest BCUT2D eigenvalue weighted by Gasteiger charge is 2.44. The van der Waals surface area contributed by atoms with E-state index in [2.05, 4.69) is 21.4 Å². The molecular formula is C31H38ClN3O5S. The number of anilines is 1. The second-order valence-corrected chi connectivity index (χ2v) is 14.4. The highest BCUT2D eigenvalue weighted by atomic mass is 35.5. The minimum Gasteiger partial charge on any atom is -0.490 e. The Morgan fingerprint density at radius 1 is 1.20 bits per heavy atom. The van der Waals surface area contributed by atoms with Gasteiger partial charge in [0.25, 0.3) is 5.91 Å². The number of halogens is 1. The van der Waals surface area contributed by atoms with E-state index in [4.69, 9.17) is 26.2 Å². The third kappa shape index (κ3) is 5.79. The Bertz CT molecular complexity index is 1490. The van der Waals surface area contributed by atoms with E-state index in [-0.39, 0.29) is 29.6 Å². The Morgan fingerprint density at radius 3 is 2.83 bits per heavy atom. The lowest BCUT2D eigenvalue weighted by Gasteiger charge is -2.46. The summed E-state index contributed by atoms with van der Waals surface area (Å²) in [6.07, 6.45) is 7.83. The van der Waals surface area contributed by atoms with Crippen LogP contribution in [0.1, 0.15) is 53.6 Å². The zero-order chi connectivity index (χ0) is 28.8. The molecule has 220 valence electrons. The Labute approximate surface area is 247 Å². The van der Waals surface area contributed by atoms with Crippen molar-refractivity contribution >= 4 is 33.1 Å². The first-order chi connectivity index (χ1) is 19.7. The van der Waals surface area contributed by atoms with Crippen LogP contribution in [0.2, 0.25) is 5.02 Å². The Morgan fingerprint density at radius 2 is 2.05 bits per heavy atom. The summed E-state index contributed by atoms with van der Waals surface area (Å²) in [5.41, 5.74) is 3.46. The molecule has 1 saturated carbocycles. The maximum atomic E-state index is 13.2. The van der Waals surface area contributed by atoms with Crippen LogP contribution in [0, 0.1) is 11.8 Å². The molecule has 2 aliphatic heterocycles. The average molecular weight is 600 g/mol. The number of benzene rings is 2. The highest BCUT2D eigenvalue weighted by molar-refractivity contribution is 7.91. The molecule has 0 saturated heterocycles. The summed E-state index contributed by atoms with van der Waals surface area (Å²) in [7, 11) is -1.62. The first-order valence-electron chi connectivity index (χ1n) is 14.4.